The molecule has 1 aliphatic heterocycles. The molecule has 214 valence electrons. The highest BCUT2D eigenvalue weighted by Gasteiger charge is 2.31. The van der Waals surface area contributed by atoms with E-state index in [0.29, 0.717) is 23.6 Å². The smallest absolute Gasteiger partial charge is 0.416 e. The Kier molecular flexibility index (Phi) is 11.9. The van der Waals surface area contributed by atoms with Crippen LogP contribution in [0.2, 0.25) is 0 Å². The summed E-state index contributed by atoms with van der Waals surface area (Å²) in [5, 5.41) is 5.54. The second-order valence-electron chi connectivity index (χ2n) is 9.71. The van der Waals surface area contributed by atoms with Gasteiger partial charge in [-0.2, -0.15) is 13.2 Å². The number of nitrogens with one attached hydrogen (secondary N) is 2. The molecule has 0 aliphatic carbocycles. The quantitative estimate of drug-likeness (QED) is 0.227. The fourth-order valence-corrected chi connectivity index (χ4v) is 4.42. The fourth-order valence-electron chi connectivity index (χ4n) is 4.42. The average molecular weight is 550 g/mol. The highest BCUT2D eigenvalue weighted by molar-refractivity contribution is 5.98. The molecule has 1 unspecified atom stereocenters. The lowest BCUT2D eigenvalue weighted by Crippen LogP contribution is -2.40. The molecule has 2 aromatic carbocycles. The number of hydrogen-bond acceptors (Lipinski definition) is 5. The van der Waals surface area contributed by atoms with Gasteiger partial charge in [-0.3, -0.25) is 9.59 Å². The highest BCUT2D eigenvalue weighted by Crippen LogP contribution is 2.34. The summed E-state index contributed by atoms with van der Waals surface area (Å²) in [5.41, 5.74) is 5.14. The number of carbonyl (C=O) groups is 2. The molecule has 4 N–H and O–H groups in total. The van der Waals surface area contributed by atoms with Crippen molar-refractivity contribution < 1.29 is 32.2 Å². The number of amides is 2. The van der Waals surface area contributed by atoms with E-state index in [4.69, 9.17) is 15.2 Å². The third kappa shape index (κ3) is 9.76. The van der Waals surface area contributed by atoms with Crippen LogP contribution in [0.15, 0.2) is 42.5 Å². The van der Waals surface area contributed by atoms with E-state index in [1.807, 2.05) is 0 Å². The number of halogens is 3. The Labute approximate surface area is 227 Å². The van der Waals surface area contributed by atoms with Crippen molar-refractivity contribution >= 4 is 11.8 Å². The molecule has 0 bridgehead atoms. The molecule has 0 saturated heterocycles. The summed E-state index contributed by atoms with van der Waals surface area (Å²) in [6.07, 6.45) is 6.77. The van der Waals surface area contributed by atoms with Crippen LogP contribution in [-0.2, 0) is 11.0 Å². The topological polar surface area (TPSA) is 103 Å². The molecule has 0 spiro atoms. The molecule has 10 heteroatoms. The Morgan fingerprint density at radius 1 is 0.821 bits per heavy atom. The first-order chi connectivity index (χ1) is 18.8. The number of nitrogens with two attached hydrogens (primary N) is 1. The third-order valence-corrected chi connectivity index (χ3v) is 6.67. The van der Waals surface area contributed by atoms with Crippen LogP contribution in [0.4, 0.5) is 13.2 Å². The van der Waals surface area contributed by atoms with Crippen LogP contribution < -0.4 is 25.8 Å². The van der Waals surface area contributed by atoms with Crippen LogP contribution in [0.25, 0.3) is 0 Å². The molecule has 0 fully saturated rings. The van der Waals surface area contributed by atoms with Crippen molar-refractivity contribution in [1.29, 1.82) is 0 Å². The first-order valence-electron chi connectivity index (χ1n) is 13.6. The van der Waals surface area contributed by atoms with E-state index >= 15 is 0 Å². The van der Waals surface area contributed by atoms with Crippen molar-refractivity contribution in [1.82, 2.24) is 10.6 Å². The summed E-state index contributed by atoms with van der Waals surface area (Å²) in [4.78, 5) is 26.0. The lowest BCUT2D eigenvalue weighted by molar-refractivity contribution is -0.137. The Hall–Kier alpha value is -3.27. The van der Waals surface area contributed by atoms with Crippen molar-refractivity contribution in [3.8, 4) is 11.5 Å². The Morgan fingerprint density at radius 2 is 1.41 bits per heavy atom. The molecule has 0 radical (unpaired) electrons. The molecule has 3 rings (SSSR count). The van der Waals surface area contributed by atoms with Crippen LogP contribution in [-0.4, -0.2) is 31.7 Å². The standard InChI is InChI=1S/C29H38F3N3O4/c30-29(31,32)23-14-11-21(12-15-23)27(36)35-26(22-13-16-24-25(19-22)39-20-38-24)28(37)34-18-10-8-6-4-2-1-3-5-7-9-17-33/h11-16,19,26H,1-10,17-18,20,33H2,(H,34,37)(H,35,36). The van der Waals surface area contributed by atoms with Gasteiger partial charge in [0.15, 0.2) is 11.5 Å². The predicted octanol–water partition coefficient (Wildman–Crippen LogP) is 5.88. The van der Waals surface area contributed by atoms with Crippen LogP contribution in [0.5, 0.6) is 11.5 Å². The number of rotatable bonds is 16. The Morgan fingerprint density at radius 3 is 2.03 bits per heavy atom. The highest BCUT2D eigenvalue weighted by atomic mass is 19.4. The minimum Gasteiger partial charge on any atom is -0.454 e. The monoisotopic (exact) mass is 549 g/mol. The van der Waals surface area contributed by atoms with E-state index < -0.39 is 29.6 Å². The first kappa shape index (κ1) is 30.3. The average Bonchev–Trinajstić information content (AvgIpc) is 3.39. The van der Waals surface area contributed by atoms with Crippen molar-refractivity contribution in [3.05, 3.63) is 59.2 Å². The zero-order chi connectivity index (χ0) is 28.1. The molecule has 1 heterocycles. The second kappa shape index (κ2) is 15.4. The van der Waals surface area contributed by atoms with E-state index in [0.717, 1.165) is 62.9 Å². The number of fused-ring (bicyclic) bond motifs is 1. The van der Waals surface area contributed by atoms with Crippen LogP contribution in [0, 0.1) is 0 Å². The summed E-state index contributed by atoms with van der Waals surface area (Å²) in [6.45, 7) is 1.27. The van der Waals surface area contributed by atoms with Gasteiger partial charge >= 0.3 is 6.18 Å². The van der Waals surface area contributed by atoms with Gasteiger partial charge in [0.1, 0.15) is 6.04 Å². The van der Waals surface area contributed by atoms with Gasteiger partial charge in [0.25, 0.3) is 5.91 Å². The van der Waals surface area contributed by atoms with Crippen molar-refractivity contribution in [2.45, 2.75) is 76.4 Å². The van der Waals surface area contributed by atoms with Gasteiger partial charge < -0.3 is 25.8 Å². The number of carbonyl (C=O) groups excluding carboxylic acids is 2. The molecule has 1 aliphatic rings. The Balaban J connectivity index is 1.51. The Bertz CT molecular complexity index is 1060. The molecular weight excluding hydrogens is 511 g/mol. The number of ether oxygens (including phenoxy) is 2. The molecular formula is C29H38F3N3O4. The number of unbranched alkanes of at least 4 members (excludes halogenated alkanes) is 9. The van der Waals surface area contributed by atoms with Gasteiger partial charge in [0, 0.05) is 12.1 Å². The van der Waals surface area contributed by atoms with E-state index in [-0.39, 0.29) is 12.4 Å². The lowest BCUT2D eigenvalue weighted by Gasteiger charge is -2.19. The maximum Gasteiger partial charge on any atom is 0.416 e. The molecule has 39 heavy (non-hydrogen) atoms. The van der Waals surface area contributed by atoms with Gasteiger partial charge in [-0.1, -0.05) is 57.4 Å². The number of hydrogen-bond donors (Lipinski definition) is 3. The number of alkyl halides is 3. The van der Waals surface area contributed by atoms with Gasteiger partial charge in [-0.15, -0.1) is 0 Å². The van der Waals surface area contributed by atoms with E-state index in [2.05, 4.69) is 10.6 Å². The predicted molar refractivity (Wildman–Crippen MR) is 142 cm³/mol. The zero-order valence-corrected chi connectivity index (χ0v) is 22.2. The normalized spacial score (nSPS) is 13.2. The second-order valence-corrected chi connectivity index (χ2v) is 9.71. The van der Waals surface area contributed by atoms with Crippen molar-refractivity contribution in [2.75, 3.05) is 19.9 Å². The third-order valence-electron chi connectivity index (χ3n) is 6.67. The van der Waals surface area contributed by atoms with E-state index in [9.17, 15) is 22.8 Å². The van der Waals surface area contributed by atoms with E-state index in [1.54, 1.807) is 18.2 Å². The summed E-state index contributed by atoms with van der Waals surface area (Å²) < 4.78 is 49.4. The summed E-state index contributed by atoms with van der Waals surface area (Å²) in [7, 11) is 0. The zero-order valence-electron chi connectivity index (χ0n) is 22.2. The largest absolute Gasteiger partial charge is 0.454 e. The summed E-state index contributed by atoms with van der Waals surface area (Å²) >= 11 is 0. The van der Waals surface area contributed by atoms with Crippen molar-refractivity contribution in [3.63, 3.8) is 0 Å². The molecule has 7 nitrogen and oxygen atoms in total. The minimum absolute atomic E-state index is 0.0147. The van der Waals surface area contributed by atoms with Gasteiger partial charge in [0.2, 0.25) is 12.7 Å². The van der Waals surface area contributed by atoms with Gasteiger partial charge in [-0.05, 0) is 61.3 Å². The summed E-state index contributed by atoms with van der Waals surface area (Å²) in [6, 6.07) is 7.73. The van der Waals surface area contributed by atoms with Crippen molar-refractivity contribution in [2.24, 2.45) is 5.73 Å². The number of benzene rings is 2. The molecule has 0 aromatic heterocycles. The first-order valence-corrected chi connectivity index (χ1v) is 13.6. The minimum atomic E-state index is -4.51. The summed E-state index contributed by atoms with van der Waals surface area (Å²) in [5.74, 6) is -0.0906. The maximum atomic E-state index is 13.1. The van der Waals surface area contributed by atoms with Gasteiger partial charge in [-0.25, -0.2) is 0 Å². The molecule has 2 amide bonds. The lowest BCUT2D eigenvalue weighted by atomic mass is 10.0. The SMILES string of the molecule is NCCCCCCCCCCCCNC(=O)C(NC(=O)c1ccc(C(F)(F)F)cc1)c1ccc2c(c1)OCO2. The molecule has 0 saturated carbocycles. The molecule has 2 aromatic rings. The van der Waals surface area contributed by atoms with Crippen LogP contribution >= 0.6 is 0 Å². The van der Waals surface area contributed by atoms with Crippen LogP contribution in [0.3, 0.4) is 0 Å². The van der Waals surface area contributed by atoms with E-state index in [1.165, 1.54) is 32.1 Å². The van der Waals surface area contributed by atoms with Crippen LogP contribution in [0.1, 0.15) is 91.7 Å². The fraction of sp³-hybridized carbons (Fsp3) is 0.517. The maximum absolute atomic E-state index is 13.1. The van der Waals surface area contributed by atoms with Gasteiger partial charge in [0.05, 0.1) is 5.56 Å². The molecule has 1 atom stereocenters.